The number of nitrogens with zero attached hydrogens (tertiary/aromatic N) is 2. The van der Waals surface area contributed by atoms with Crippen LogP contribution < -0.4 is 21.1 Å². The first-order chi connectivity index (χ1) is 18.3. The van der Waals surface area contributed by atoms with E-state index in [2.05, 4.69) is 26.8 Å². The second-order valence-corrected chi connectivity index (χ2v) is 8.92. The molecule has 8 nitrogen and oxygen atoms in total. The van der Waals surface area contributed by atoms with Crippen LogP contribution in [-0.4, -0.2) is 27.9 Å². The van der Waals surface area contributed by atoms with E-state index in [0.29, 0.717) is 40.8 Å². The molecule has 0 fully saturated rings. The lowest BCUT2D eigenvalue weighted by atomic mass is 9.97. The van der Waals surface area contributed by atoms with E-state index in [1.165, 1.54) is 0 Å². The van der Waals surface area contributed by atoms with Gasteiger partial charge < -0.3 is 25.7 Å². The summed E-state index contributed by atoms with van der Waals surface area (Å²) in [7, 11) is 0. The molecule has 5 rings (SSSR count). The average Bonchev–Trinajstić information content (AvgIpc) is 3.25. The van der Waals surface area contributed by atoms with Crippen molar-refractivity contribution in [2.24, 2.45) is 5.73 Å². The Hall–Kier alpha value is -4.92. The van der Waals surface area contributed by atoms with E-state index in [0.717, 1.165) is 35.5 Å². The highest BCUT2D eigenvalue weighted by Crippen LogP contribution is 2.43. The van der Waals surface area contributed by atoms with Gasteiger partial charge in [-0.15, -0.1) is 0 Å². The predicted octanol–water partition coefficient (Wildman–Crippen LogP) is 5.65. The van der Waals surface area contributed by atoms with Crippen molar-refractivity contribution in [3.05, 3.63) is 90.4 Å². The van der Waals surface area contributed by atoms with Crippen LogP contribution in [0.5, 0.6) is 11.6 Å². The first kappa shape index (κ1) is 24.8. The quantitative estimate of drug-likeness (QED) is 0.278. The van der Waals surface area contributed by atoms with Gasteiger partial charge in [-0.05, 0) is 54.8 Å². The van der Waals surface area contributed by atoms with Crippen molar-refractivity contribution in [2.75, 3.05) is 17.2 Å². The van der Waals surface area contributed by atoms with Crippen LogP contribution in [-0.2, 0) is 11.3 Å². The van der Waals surface area contributed by atoms with E-state index >= 15 is 0 Å². The van der Waals surface area contributed by atoms with E-state index in [1.807, 2.05) is 55.5 Å². The second kappa shape index (κ2) is 10.2. The number of halogens is 1. The van der Waals surface area contributed by atoms with Crippen LogP contribution in [0.4, 0.5) is 15.9 Å². The fraction of sp³-hybridized carbons (Fsp3) is 0.138. The van der Waals surface area contributed by atoms with E-state index in [9.17, 15) is 14.0 Å². The summed E-state index contributed by atoms with van der Waals surface area (Å²) in [5.74, 6) is -0.751. The minimum absolute atomic E-state index is 0.403. The number of carbonyl (C=O) groups excluding carboxylic acids is 2. The summed E-state index contributed by atoms with van der Waals surface area (Å²) >= 11 is 0. The molecule has 4 aromatic rings. The van der Waals surface area contributed by atoms with Gasteiger partial charge in [0.15, 0.2) is 5.83 Å². The highest BCUT2D eigenvalue weighted by Gasteiger charge is 2.29. The highest BCUT2D eigenvalue weighted by atomic mass is 19.1. The minimum atomic E-state index is -1.07. The standard InChI is InChI=1S/C29H26FN5O3/c1-17-5-3-6-23(33-17)38-22-13-9-19(10-14-22)24-25(27(31)36)28-32-15-4-16-35(28)26(24)20-7-11-21(12-8-20)34-29(37)18(2)30/h3,5-14,32H,2,4,15-16H2,1H3,(H2,31,36)(H,34,37). The van der Waals surface area contributed by atoms with Gasteiger partial charge in [-0.25, -0.2) is 9.37 Å². The van der Waals surface area contributed by atoms with Crippen LogP contribution in [0.3, 0.4) is 0 Å². The summed E-state index contributed by atoms with van der Waals surface area (Å²) in [5.41, 5.74) is 10.7. The zero-order valence-electron chi connectivity index (χ0n) is 20.8. The van der Waals surface area contributed by atoms with Crippen LogP contribution in [0.2, 0.25) is 0 Å². The molecule has 0 unspecified atom stereocenters. The summed E-state index contributed by atoms with van der Waals surface area (Å²) < 4.78 is 21.1. The summed E-state index contributed by atoms with van der Waals surface area (Å²) in [6.07, 6.45) is 0.870. The molecule has 0 bridgehead atoms. The maximum Gasteiger partial charge on any atom is 0.283 e. The van der Waals surface area contributed by atoms with Gasteiger partial charge in [-0.3, -0.25) is 9.59 Å². The summed E-state index contributed by atoms with van der Waals surface area (Å²) in [6.45, 7) is 6.32. The summed E-state index contributed by atoms with van der Waals surface area (Å²) in [6, 6.07) is 19.9. The molecule has 1 aliphatic heterocycles. The topological polar surface area (TPSA) is 111 Å². The molecule has 0 saturated carbocycles. The highest BCUT2D eigenvalue weighted by molar-refractivity contribution is 6.09. The number of aryl methyl sites for hydroxylation is 1. The Kier molecular flexibility index (Phi) is 6.66. The SMILES string of the molecule is C=C(F)C(=O)Nc1ccc(-c2c(-c3ccc(Oc4cccc(C)n4)cc3)c(C(N)=O)c3n2CCCN3)cc1. The molecule has 2 amide bonds. The van der Waals surface area contributed by atoms with Crippen molar-refractivity contribution in [1.29, 1.82) is 0 Å². The number of nitrogens with one attached hydrogen (secondary N) is 2. The number of hydrogen-bond donors (Lipinski definition) is 3. The van der Waals surface area contributed by atoms with Gasteiger partial charge in [0.2, 0.25) is 5.88 Å². The zero-order chi connectivity index (χ0) is 26.8. The van der Waals surface area contributed by atoms with Crippen molar-refractivity contribution in [1.82, 2.24) is 9.55 Å². The molecule has 2 aromatic heterocycles. The number of carbonyl (C=O) groups is 2. The number of ether oxygens (including phenoxy) is 1. The molecule has 0 spiro atoms. The summed E-state index contributed by atoms with van der Waals surface area (Å²) in [5, 5.41) is 5.79. The van der Waals surface area contributed by atoms with Crippen molar-refractivity contribution in [3.8, 4) is 34.0 Å². The Balaban J connectivity index is 1.57. The Bertz CT molecular complexity index is 1540. The van der Waals surface area contributed by atoms with E-state index in [1.54, 1.807) is 18.2 Å². The molecule has 192 valence electrons. The number of primary amides is 1. The Morgan fingerprint density at radius 2 is 1.79 bits per heavy atom. The molecule has 38 heavy (non-hydrogen) atoms. The number of benzene rings is 2. The van der Waals surface area contributed by atoms with Crippen molar-refractivity contribution in [2.45, 2.75) is 19.9 Å². The Morgan fingerprint density at radius 1 is 1.08 bits per heavy atom. The molecule has 4 N–H and O–H groups in total. The third-order valence-electron chi connectivity index (χ3n) is 6.25. The monoisotopic (exact) mass is 511 g/mol. The lowest BCUT2D eigenvalue weighted by Gasteiger charge is -2.20. The smallest absolute Gasteiger partial charge is 0.283 e. The van der Waals surface area contributed by atoms with Crippen molar-refractivity contribution in [3.63, 3.8) is 0 Å². The van der Waals surface area contributed by atoms with Gasteiger partial charge in [0.1, 0.15) is 11.6 Å². The number of pyridine rings is 1. The molecule has 9 heteroatoms. The van der Waals surface area contributed by atoms with E-state index in [-0.39, 0.29) is 0 Å². The molecule has 0 saturated heterocycles. The van der Waals surface area contributed by atoms with Gasteiger partial charge in [0.25, 0.3) is 11.8 Å². The third-order valence-corrected chi connectivity index (χ3v) is 6.25. The molecule has 0 radical (unpaired) electrons. The van der Waals surface area contributed by atoms with Crippen LogP contribution in [0.15, 0.2) is 79.1 Å². The zero-order valence-corrected chi connectivity index (χ0v) is 20.8. The van der Waals surface area contributed by atoms with Gasteiger partial charge in [0, 0.05) is 36.1 Å². The number of hydrogen-bond acceptors (Lipinski definition) is 5. The van der Waals surface area contributed by atoms with Gasteiger partial charge >= 0.3 is 0 Å². The molecular formula is C29H26FN5O3. The van der Waals surface area contributed by atoms with Crippen molar-refractivity contribution < 1.29 is 18.7 Å². The number of aromatic nitrogens is 2. The lowest BCUT2D eigenvalue weighted by Crippen LogP contribution is -2.21. The summed E-state index contributed by atoms with van der Waals surface area (Å²) in [4.78, 5) is 28.8. The second-order valence-electron chi connectivity index (χ2n) is 8.92. The van der Waals surface area contributed by atoms with Gasteiger partial charge in [0.05, 0.1) is 11.3 Å². The number of nitrogens with two attached hydrogens (primary N) is 1. The third kappa shape index (κ3) is 4.86. The molecule has 2 aromatic carbocycles. The van der Waals surface area contributed by atoms with Crippen LogP contribution in [0.1, 0.15) is 22.5 Å². The maximum atomic E-state index is 13.1. The van der Waals surface area contributed by atoms with E-state index in [4.69, 9.17) is 10.5 Å². The van der Waals surface area contributed by atoms with Crippen LogP contribution in [0.25, 0.3) is 22.4 Å². The maximum absolute atomic E-state index is 13.1. The van der Waals surface area contributed by atoms with E-state index < -0.39 is 17.6 Å². The molecular weight excluding hydrogens is 485 g/mol. The van der Waals surface area contributed by atoms with Crippen LogP contribution in [0, 0.1) is 6.92 Å². The number of rotatable bonds is 7. The van der Waals surface area contributed by atoms with Gasteiger partial charge in [-0.1, -0.05) is 36.9 Å². The average molecular weight is 512 g/mol. The molecule has 1 aliphatic rings. The number of fused-ring (bicyclic) bond motifs is 1. The van der Waals surface area contributed by atoms with Gasteiger partial charge in [-0.2, -0.15) is 0 Å². The lowest BCUT2D eigenvalue weighted by molar-refractivity contribution is -0.114. The first-order valence-electron chi connectivity index (χ1n) is 12.1. The molecule has 3 heterocycles. The van der Waals surface area contributed by atoms with Crippen molar-refractivity contribution >= 4 is 23.3 Å². The normalized spacial score (nSPS) is 12.3. The minimum Gasteiger partial charge on any atom is -0.439 e. The number of amides is 2. The molecule has 0 aliphatic carbocycles. The Morgan fingerprint density at radius 3 is 2.45 bits per heavy atom. The largest absolute Gasteiger partial charge is 0.439 e. The first-order valence-corrected chi connectivity index (χ1v) is 12.1. The fourth-order valence-corrected chi connectivity index (χ4v) is 4.59. The fourth-order valence-electron chi connectivity index (χ4n) is 4.59. The number of anilines is 2. The predicted molar refractivity (Wildman–Crippen MR) is 145 cm³/mol. The Labute approximate surface area is 219 Å². The molecule has 0 atom stereocenters. The van der Waals surface area contributed by atoms with Crippen LogP contribution >= 0.6 is 0 Å².